The largest absolute Gasteiger partial charge is 0.495 e. The Labute approximate surface area is 245 Å². The van der Waals surface area contributed by atoms with Crippen LogP contribution in [0, 0.1) is 0 Å². The molecule has 1 spiro atoms. The topological polar surface area (TPSA) is 18.5 Å². The summed E-state index contributed by atoms with van der Waals surface area (Å²) in [5.41, 5.74) is 12.3. The van der Waals surface area contributed by atoms with E-state index in [1.54, 1.807) is 0 Å². The number of thiophene rings is 1. The summed E-state index contributed by atoms with van der Waals surface area (Å²) in [6.45, 7) is 8.54. The fraction of sp³-hybridized carbons (Fsp3) is 0.243. The van der Waals surface area contributed by atoms with Gasteiger partial charge in [-0.3, -0.25) is 0 Å². The maximum absolute atomic E-state index is 6.66. The lowest BCUT2D eigenvalue weighted by molar-refractivity contribution is 0.00578. The van der Waals surface area contributed by atoms with Gasteiger partial charge in [-0.05, 0) is 108 Å². The molecule has 4 aromatic carbocycles. The van der Waals surface area contributed by atoms with Gasteiger partial charge in [0.15, 0.2) is 0 Å². The zero-order chi connectivity index (χ0) is 27.7. The summed E-state index contributed by atoms with van der Waals surface area (Å²) in [5, 5.41) is 1.46. The number of aryl methyl sites for hydroxylation is 1. The average molecular weight is 551 g/mol. The molecule has 41 heavy (non-hydrogen) atoms. The van der Waals surface area contributed by atoms with Gasteiger partial charge in [-0.2, -0.15) is 0 Å². The summed E-state index contributed by atoms with van der Waals surface area (Å²) < 4.78 is 14.7. The molecule has 0 radical (unpaired) electrons. The summed E-state index contributed by atoms with van der Waals surface area (Å²) in [6.07, 6.45) is 6.88. The van der Waals surface area contributed by atoms with E-state index in [0.29, 0.717) is 0 Å². The molecular formula is C37H31BO2S. The number of hydrogen-bond donors (Lipinski definition) is 0. The van der Waals surface area contributed by atoms with E-state index in [0.717, 1.165) is 18.3 Å². The van der Waals surface area contributed by atoms with Crippen LogP contribution in [0.1, 0.15) is 66.8 Å². The Bertz CT molecular complexity index is 1960. The fourth-order valence-corrected chi connectivity index (χ4v) is 9.13. The first-order valence-corrected chi connectivity index (χ1v) is 15.6. The molecule has 1 aliphatic heterocycles. The molecule has 5 aromatic rings. The monoisotopic (exact) mass is 550 g/mol. The normalized spacial score (nSPS) is 22.1. The fourth-order valence-electron chi connectivity index (χ4n) is 7.94. The molecule has 4 aliphatic rings. The van der Waals surface area contributed by atoms with Crippen molar-refractivity contribution in [1.29, 1.82) is 0 Å². The van der Waals surface area contributed by atoms with E-state index in [2.05, 4.69) is 119 Å². The van der Waals surface area contributed by atoms with Crippen molar-refractivity contribution < 1.29 is 9.31 Å². The van der Waals surface area contributed by atoms with E-state index in [4.69, 9.17) is 9.31 Å². The molecule has 0 saturated carbocycles. The predicted octanol–water partition coefficient (Wildman–Crippen LogP) is 8.50. The van der Waals surface area contributed by atoms with Crippen molar-refractivity contribution in [2.24, 2.45) is 0 Å². The molecule has 1 unspecified atom stereocenters. The number of benzene rings is 4. The molecule has 2 heterocycles. The Balaban J connectivity index is 1.39. The Morgan fingerprint density at radius 2 is 1.32 bits per heavy atom. The average Bonchev–Trinajstić information content (AvgIpc) is 3.65. The van der Waals surface area contributed by atoms with Crippen molar-refractivity contribution in [3.05, 3.63) is 118 Å². The molecule has 1 atom stereocenters. The van der Waals surface area contributed by atoms with Crippen LogP contribution in [0.4, 0.5) is 0 Å². The van der Waals surface area contributed by atoms with Crippen LogP contribution in [-0.2, 0) is 21.1 Å². The molecule has 4 heteroatoms. The van der Waals surface area contributed by atoms with Crippen LogP contribution in [-0.4, -0.2) is 18.3 Å². The van der Waals surface area contributed by atoms with Crippen LogP contribution in [0.25, 0.3) is 38.4 Å². The Morgan fingerprint density at radius 3 is 2.05 bits per heavy atom. The first kappa shape index (κ1) is 24.2. The summed E-state index contributed by atoms with van der Waals surface area (Å²) in [5.74, 6) is 0. The molecule has 9 rings (SSSR count). The van der Waals surface area contributed by atoms with Gasteiger partial charge >= 0.3 is 7.12 Å². The minimum atomic E-state index is -0.424. The van der Waals surface area contributed by atoms with Gasteiger partial charge in [-0.1, -0.05) is 78.9 Å². The quantitative estimate of drug-likeness (QED) is 0.191. The highest BCUT2D eigenvalue weighted by Gasteiger charge is 2.56. The van der Waals surface area contributed by atoms with Gasteiger partial charge in [-0.25, -0.2) is 0 Å². The highest BCUT2D eigenvalue weighted by molar-refractivity contribution is 7.20. The van der Waals surface area contributed by atoms with Crippen molar-refractivity contribution in [2.75, 3.05) is 0 Å². The molecule has 1 fully saturated rings. The Kier molecular flexibility index (Phi) is 4.65. The molecule has 200 valence electrons. The van der Waals surface area contributed by atoms with E-state index >= 15 is 0 Å². The molecule has 0 bridgehead atoms. The second kappa shape index (κ2) is 7.89. The van der Waals surface area contributed by atoms with Crippen molar-refractivity contribution >= 4 is 40.1 Å². The first-order valence-electron chi connectivity index (χ1n) is 14.8. The van der Waals surface area contributed by atoms with E-state index in [-0.39, 0.29) is 5.41 Å². The van der Waals surface area contributed by atoms with Crippen LogP contribution in [0.15, 0.2) is 84.9 Å². The third-order valence-electron chi connectivity index (χ3n) is 10.4. The van der Waals surface area contributed by atoms with Crippen LogP contribution in [0.5, 0.6) is 0 Å². The number of hydrogen-bond acceptors (Lipinski definition) is 3. The maximum atomic E-state index is 6.66. The summed E-state index contributed by atoms with van der Waals surface area (Å²) in [6, 6.07) is 29.8. The minimum absolute atomic E-state index is 0.384. The zero-order valence-corrected chi connectivity index (χ0v) is 24.7. The first-order chi connectivity index (χ1) is 19.8. The molecule has 1 saturated heterocycles. The lowest BCUT2D eigenvalue weighted by Gasteiger charge is -2.32. The van der Waals surface area contributed by atoms with Crippen LogP contribution < -0.4 is 5.46 Å². The summed E-state index contributed by atoms with van der Waals surface area (Å²) in [7, 11) is -0.424. The number of allylic oxidation sites excluding steroid dienone is 1. The van der Waals surface area contributed by atoms with Crippen molar-refractivity contribution in [2.45, 2.75) is 57.2 Å². The second-order valence-electron chi connectivity index (χ2n) is 12.9. The predicted molar refractivity (Wildman–Crippen MR) is 171 cm³/mol. The molecule has 1 aromatic heterocycles. The lowest BCUT2D eigenvalue weighted by Crippen LogP contribution is -2.41. The Morgan fingerprint density at radius 1 is 0.683 bits per heavy atom. The molecular weight excluding hydrogens is 519 g/mol. The minimum Gasteiger partial charge on any atom is -0.399 e. The lowest BCUT2D eigenvalue weighted by atomic mass is 9.68. The molecule has 0 N–H and O–H groups in total. The number of rotatable bonds is 1. The van der Waals surface area contributed by atoms with E-state index in [1.807, 2.05) is 11.3 Å². The van der Waals surface area contributed by atoms with Gasteiger partial charge in [0, 0.05) is 15.0 Å². The second-order valence-corrected chi connectivity index (χ2v) is 14.0. The summed E-state index contributed by atoms with van der Waals surface area (Å²) >= 11 is 1.94. The number of fused-ring (bicyclic) bond motifs is 14. The summed E-state index contributed by atoms with van der Waals surface area (Å²) in [4.78, 5) is 1.42. The van der Waals surface area contributed by atoms with Crippen molar-refractivity contribution in [3.63, 3.8) is 0 Å². The molecule has 0 amide bonds. The SMILES string of the molecule is CC1(C)OB(c2cccc3c2-c2ccccc2C32c3ccccc3-c3c2ccc2sc4c(c32)CCC=C4)OC1(C)C. The maximum Gasteiger partial charge on any atom is 0.495 e. The van der Waals surface area contributed by atoms with Gasteiger partial charge in [-0.15, -0.1) is 11.3 Å². The highest BCUT2D eigenvalue weighted by atomic mass is 32.1. The van der Waals surface area contributed by atoms with Crippen LogP contribution in [0.3, 0.4) is 0 Å². The smallest absolute Gasteiger partial charge is 0.399 e. The standard InChI is InChI=1S/C37H31BO2S/c1-35(2)36(3,4)40-38(39-35)29-18-11-17-27-32(29)22-12-5-8-15-25(22)37(27)26-16-9-6-13-23(26)33-28(37)20-21-31-34(33)24-14-7-10-19-30(24)41-31/h5-6,8-13,15-21H,7,14H2,1-4H3. The van der Waals surface area contributed by atoms with Crippen molar-refractivity contribution in [1.82, 2.24) is 0 Å². The van der Waals surface area contributed by atoms with Gasteiger partial charge < -0.3 is 9.31 Å². The van der Waals surface area contributed by atoms with Crippen molar-refractivity contribution in [3.8, 4) is 22.3 Å². The van der Waals surface area contributed by atoms with E-state index in [9.17, 15) is 0 Å². The van der Waals surface area contributed by atoms with Gasteiger partial charge in [0.1, 0.15) is 0 Å². The van der Waals surface area contributed by atoms with Crippen LogP contribution in [0.2, 0.25) is 0 Å². The Hall–Kier alpha value is -3.44. The highest BCUT2D eigenvalue weighted by Crippen LogP contribution is 2.64. The van der Waals surface area contributed by atoms with Gasteiger partial charge in [0.2, 0.25) is 0 Å². The third kappa shape index (κ3) is 2.86. The van der Waals surface area contributed by atoms with Gasteiger partial charge in [0.25, 0.3) is 0 Å². The van der Waals surface area contributed by atoms with Gasteiger partial charge in [0.05, 0.1) is 16.6 Å². The zero-order valence-electron chi connectivity index (χ0n) is 23.9. The molecule has 3 aliphatic carbocycles. The van der Waals surface area contributed by atoms with Crippen LogP contribution >= 0.6 is 11.3 Å². The van der Waals surface area contributed by atoms with E-state index in [1.165, 1.54) is 65.0 Å². The van der Waals surface area contributed by atoms with E-state index < -0.39 is 18.3 Å². The third-order valence-corrected chi connectivity index (χ3v) is 11.6. The molecule has 2 nitrogen and oxygen atoms in total.